The number of benzene rings is 1. The number of esters is 1. The van der Waals surface area contributed by atoms with E-state index in [1.54, 1.807) is 31.1 Å². The highest BCUT2D eigenvalue weighted by Crippen LogP contribution is 2.14. The van der Waals surface area contributed by atoms with Crippen LogP contribution in [0.4, 0.5) is 10.1 Å². The van der Waals surface area contributed by atoms with Crippen LogP contribution in [0.1, 0.15) is 0 Å². The maximum Gasteiger partial charge on any atom is 0.324 e. The van der Waals surface area contributed by atoms with Gasteiger partial charge in [0.2, 0.25) is 0 Å². The van der Waals surface area contributed by atoms with Crippen molar-refractivity contribution >= 4 is 11.7 Å². The Bertz CT molecular complexity index is 385. The zero-order valence-electron chi connectivity index (χ0n) is 10.2. The molecule has 0 aliphatic rings. The number of carbonyl (C=O) groups is 1. The Morgan fingerprint density at radius 3 is 2.82 bits per heavy atom. The molecule has 0 bridgehead atoms. The summed E-state index contributed by atoms with van der Waals surface area (Å²) in [7, 11) is 4.82. The number of ether oxygens (including phenoxy) is 1. The Kier molecular flexibility index (Phi) is 4.90. The number of anilines is 1. The number of rotatable bonds is 5. The first-order valence-corrected chi connectivity index (χ1v) is 5.30. The van der Waals surface area contributed by atoms with Gasteiger partial charge in [0.15, 0.2) is 0 Å². The molecule has 1 atom stereocenters. The van der Waals surface area contributed by atoms with Gasteiger partial charge in [-0.2, -0.15) is 0 Å². The Morgan fingerprint density at radius 2 is 2.29 bits per heavy atom. The Hall–Kier alpha value is -1.62. The highest BCUT2D eigenvalue weighted by atomic mass is 19.1. The summed E-state index contributed by atoms with van der Waals surface area (Å²) in [6, 6.07) is 5.78. The Labute approximate surface area is 100 Å². The molecule has 5 heteroatoms. The standard InChI is InChI=1S/C12H17FN2O2/c1-14-11(12(16)17-3)8-15(2)10-6-4-5-9(13)7-10/h4-7,11,14H,8H2,1-3H3. The summed E-state index contributed by atoms with van der Waals surface area (Å²) in [5.41, 5.74) is 0.717. The molecule has 1 unspecified atom stereocenters. The van der Waals surface area contributed by atoms with Crippen molar-refractivity contribution in [1.29, 1.82) is 0 Å². The molecule has 0 amide bonds. The number of nitrogens with zero attached hydrogens (tertiary/aromatic N) is 1. The number of methoxy groups -OCH3 is 1. The average molecular weight is 240 g/mol. The first-order chi connectivity index (χ1) is 8.08. The third kappa shape index (κ3) is 3.71. The molecule has 1 rings (SSSR count). The fraction of sp³-hybridized carbons (Fsp3) is 0.417. The van der Waals surface area contributed by atoms with E-state index in [1.807, 2.05) is 0 Å². The number of hydrogen-bond donors (Lipinski definition) is 1. The summed E-state index contributed by atoms with van der Waals surface area (Å²) in [6.07, 6.45) is 0. The minimum atomic E-state index is -0.437. The smallest absolute Gasteiger partial charge is 0.324 e. The molecule has 0 saturated heterocycles. The van der Waals surface area contributed by atoms with Gasteiger partial charge >= 0.3 is 5.97 Å². The maximum atomic E-state index is 13.0. The van der Waals surface area contributed by atoms with Crippen LogP contribution in [0.5, 0.6) is 0 Å². The summed E-state index contributed by atoms with van der Waals surface area (Å²) in [6.45, 7) is 0.409. The third-order valence-corrected chi connectivity index (χ3v) is 2.54. The number of carbonyl (C=O) groups excluding carboxylic acids is 1. The molecular formula is C12H17FN2O2. The van der Waals surface area contributed by atoms with Crippen molar-refractivity contribution in [2.75, 3.05) is 32.6 Å². The lowest BCUT2D eigenvalue weighted by Crippen LogP contribution is -2.44. The van der Waals surface area contributed by atoms with Gasteiger partial charge in [0, 0.05) is 19.3 Å². The second kappa shape index (κ2) is 6.20. The van der Waals surface area contributed by atoms with Crippen molar-refractivity contribution in [1.82, 2.24) is 5.32 Å². The van der Waals surface area contributed by atoms with Crippen molar-refractivity contribution in [2.24, 2.45) is 0 Å². The zero-order chi connectivity index (χ0) is 12.8. The van der Waals surface area contributed by atoms with Crippen molar-refractivity contribution < 1.29 is 13.9 Å². The Morgan fingerprint density at radius 1 is 1.59 bits per heavy atom. The summed E-state index contributed by atoms with van der Waals surface area (Å²) in [5, 5.41) is 2.86. The highest BCUT2D eigenvalue weighted by Gasteiger charge is 2.19. The van der Waals surface area contributed by atoms with Gasteiger partial charge in [0.1, 0.15) is 11.9 Å². The van der Waals surface area contributed by atoms with E-state index in [0.717, 1.165) is 0 Å². The van der Waals surface area contributed by atoms with Crippen LogP contribution < -0.4 is 10.2 Å². The quantitative estimate of drug-likeness (QED) is 0.780. The van der Waals surface area contributed by atoms with Crippen LogP contribution in [0, 0.1) is 5.82 Å². The first-order valence-electron chi connectivity index (χ1n) is 5.30. The summed E-state index contributed by atoms with van der Waals surface area (Å²) >= 11 is 0. The van der Waals surface area contributed by atoms with E-state index in [1.165, 1.54) is 19.2 Å². The summed E-state index contributed by atoms with van der Waals surface area (Å²) in [5.74, 6) is -0.635. The third-order valence-electron chi connectivity index (χ3n) is 2.54. The fourth-order valence-corrected chi connectivity index (χ4v) is 1.52. The Balaban J connectivity index is 2.70. The van der Waals surface area contributed by atoms with Gasteiger partial charge in [-0.25, -0.2) is 4.39 Å². The van der Waals surface area contributed by atoms with E-state index in [4.69, 9.17) is 0 Å². The topological polar surface area (TPSA) is 41.6 Å². The molecular weight excluding hydrogens is 223 g/mol. The van der Waals surface area contributed by atoms with Gasteiger partial charge < -0.3 is 15.0 Å². The molecule has 17 heavy (non-hydrogen) atoms. The molecule has 0 spiro atoms. The lowest BCUT2D eigenvalue weighted by Gasteiger charge is -2.24. The summed E-state index contributed by atoms with van der Waals surface area (Å²) < 4.78 is 17.7. The molecule has 0 aliphatic heterocycles. The van der Waals surface area contributed by atoms with E-state index in [-0.39, 0.29) is 11.8 Å². The van der Waals surface area contributed by atoms with Crippen molar-refractivity contribution in [3.63, 3.8) is 0 Å². The van der Waals surface area contributed by atoms with Crippen LogP contribution in [0.15, 0.2) is 24.3 Å². The van der Waals surface area contributed by atoms with Crippen LogP contribution in [0.2, 0.25) is 0 Å². The van der Waals surface area contributed by atoms with Gasteiger partial charge in [-0.1, -0.05) is 6.07 Å². The lowest BCUT2D eigenvalue weighted by molar-refractivity contribution is -0.142. The van der Waals surface area contributed by atoms with Crippen LogP contribution in [0.25, 0.3) is 0 Å². The van der Waals surface area contributed by atoms with E-state index < -0.39 is 6.04 Å². The second-order valence-corrected chi connectivity index (χ2v) is 3.72. The number of nitrogens with one attached hydrogen (secondary N) is 1. The minimum absolute atomic E-state index is 0.298. The van der Waals surface area contributed by atoms with Gasteiger partial charge in [0.05, 0.1) is 7.11 Å². The van der Waals surface area contributed by atoms with E-state index in [2.05, 4.69) is 10.1 Å². The molecule has 1 aromatic rings. The molecule has 4 nitrogen and oxygen atoms in total. The van der Waals surface area contributed by atoms with Crippen molar-refractivity contribution in [2.45, 2.75) is 6.04 Å². The van der Waals surface area contributed by atoms with Gasteiger partial charge in [-0.05, 0) is 25.2 Å². The van der Waals surface area contributed by atoms with E-state index >= 15 is 0 Å². The number of hydrogen-bond acceptors (Lipinski definition) is 4. The maximum absolute atomic E-state index is 13.0. The molecule has 1 N–H and O–H groups in total. The normalized spacial score (nSPS) is 12.0. The monoisotopic (exact) mass is 240 g/mol. The van der Waals surface area contributed by atoms with Crippen molar-refractivity contribution in [3.05, 3.63) is 30.1 Å². The highest BCUT2D eigenvalue weighted by molar-refractivity contribution is 5.76. The summed E-state index contributed by atoms with van der Waals surface area (Å²) in [4.78, 5) is 13.2. The van der Waals surface area contributed by atoms with Gasteiger partial charge in [-0.3, -0.25) is 4.79 Å². The second-order valence-electron chi connectivity index (χ2n) is 3.72. The molecule has 0 aliphatic carbocycles. The molecule has 1 aromatic carbocycles. The number of likely N-dealkylation sites (N-methyl/N-ethyl adjacent to an activating group) is 2. The van der Waals surface area contributed by atoms with Gasteiger partial charge in [-0.15, -0.1) is 0 Å². The molecule has 0 aromatic heterocycles. The predicted octanol–water partition coefficient (Wildman–Crippen LogP) is 1.02. The molecule has 94 valence electrons. The fourth-order valence-electron chi connectivity index (χ4n) is 1.52. The zero-order valence-corrected chi connectivity index (χ0v) is 10.2. The van der Waals surface area contributed by atoms with Crippen LogP contribution in [-0.4, -0.2) is 39.8 Å². The largest absolute Gasteiger partial charge is 0.468 e. The van der Waals surface area contributed by atoms with Gasteiger partial charge in [0.25, 0.3) is 0 Å². The first kappa shape index (κ1) is 13.4. The van der Waals surface area contributed by atoms with E-state index in [0.29, 0.717) is 12.2 Å². The number of halogens is 1. The predicted molar refractivity (Wildman–Crippen MR) is 64.5 cm³/mol. The van der Waals surface area contributed by atoms with Crippen LogP contribution >= 0.6 is 0 Å². The van der Waals surface area contributed by atoms with Crippen LogP contribution in [-0.2, 0) is 9.53 Å². The molecule has 0 saturated carbocycles. The minimum Gasteiger partial charge on any atom is -0.468 e. The molecule has 0 heterocycles. The molecule has 0 radical (unpaired) electrons. The van der Waals surface area contributed by atoms with E-state index in [9.17, 15) is 9.18 Å². The van der Waals surface area contributed by atoms with Crippen LogP contribution in [0.3, 0.4) is 0 Å². The van der Waals surface area contributed by atoms with Crippen molar-refractivity contribution in [3.8, 4) is 0 Å². The average Bonchev–Trinajstić information content (AvgIpc) is 2.34. The molecule has 0 fully saturated rings. The SMILES string of the molecule is CNC(CN(C)c1cccc(F)c1)C(=O)OC. The lowest BCUT2D eigenvalue weighted by atomic mass is 10.2.